The van der Waals surface area contributed by atoms with Crippen molar-refractivity contribution in [3.63, 3.8) is 0 Å². The van der Waals surface area contributed by atoms with E-state index in [9.17, 15) is 4.39 Å². The Morgan fingerprint density at radius 3 is 2.57 bits per heavy atom. The second-order valence-electron chi connectivity index (χ2n) is 5.39. The number of nitrogens with one attached hydrogen (secondary N) is 1. The molecule has 23 heavy (non-hydrogen) atoms. The van der Waals surface area contributed by atoms with Gasteiger partial charge >= 0.3 is 0 Å². The molecule has 118 valence electrons. The molecule has 0 bridgehead atoms. The molecular formula is C15H16FN7. The van der Waals surface area contributed by atoms with Crippen LogP contribution in [0.2, 0.25) is 0 Å². The summed E-state index contributed by atoms with van der Waals surface area (Å²) in [5.74, 6) is 0.642. The molecule has 4 rings (SSSR count). The monoisotopic (exact) mass is 313 g/mol. The third kappa shape index (κ3) is 2.46. The van der Waals surface area contributed by atoms with Gasteiger partial charge in [0.15, 0.2) is 11.5 Å². The third-order valence-corrected chi connectivity index (χ3v) is 3.87. The quantitative estimate of drug-likeness (QED) is 0.726. The van der Waals surface area contributed by atoms with Crippen molar-refractivity contribution in [2.24, 2.45) is 0 Å². The summed E-state index contributed by atoms with van der Waals surface area (Å²) in [7, 11) is 0. The second-order valence-corrected chi connectivity index (χ2v) is 5.39. The average molecular weight is 313 g/mol. The lowest BCUT2D eigenvalue weighted by molar-refractivity contribution is 0.499. The lowest BCUT2D eigenvalue weighted by Crippen LogP contribution is -2.49. The predicted molar refractivity (Wildman–Crippen MR) is 86.0 cm³/mol. The van der Waals surface area contributed by atoms with E-state index in [0.29, 0.717) is 17.0 Å². The standard InChI is InChI=1S/C15H16FN7/c16-11-3-1-10(2-4-11)13-20-12-9-19-15(17)21-14(12)23(13)22-7-5-18-6-8-22/h1-4,9,18H,5-8H2,(H2,17,19,21). The van der Waals surface area contributed by atoms with E-state index in [-0.39, 0.29) is 11.8 Å². The van der Waals surface area contributed by atoms with Crippen LogP contribution in [0.4, 0.5) is 10.3 Å². The predicted octanol–water partition coefficient (Wildman–Crippen LogP) is 0.756. The van der Waals surface area contributed by atoms with Crippen LogP contribution in [0.5, 0.6) is 0 Å². The molecule has 2 aromatic heterocycles. The number of anilines is 1. The molecule has 7 nitrogen and oxygen atoms in total. The molecular weight excluding hydrogens is 297 g/mol. The van der Waals surface area contributed by atoms with Crippen molar-refractivity contribution in [1.82, 2.24) is 24.9 Å². The fourth-order valence-electron chi connectivity index (χ4n) is 2.78. The molecule has 1 aromatic carbocycles. The molecule has 0 amide bonds. The van der Waals surface area contributed by atoms with E-state index in [1.165, 1.54) is 12.1 Å². The van der Waals surface area contributed by atoms with E-state index in [4.69, 9.17) is 5.73 Å². The zero-order valence-electron chi connectivity index (χ0n) is 12.4. The number of hydrogen-bond donors (Lipinski definition) is 2. The van der Waals surface area contributed by atoms with Crippen LogP contribution < -0.4 is 16.1 Å². The maximum Gasteiger partial charge on any atom is 0.222 e. The Hall–Kier alpha value is -2.74. The number of nitrogen functional groups attached to an aromatic ring is 1. The fraction of sp³-hybridized carbons (Fsp3) is 0.267. The Labute approximate surface area is 131 Å². The van der Waals surface area contributed by atoms with Gasteiger partial charge in [0.25, 0.3) is 0 Å². The first-order valence-electron chi connectivity index (χ1n) is 7.45. The topological polar surface area (TPSA) is 84.9 Å². The lowest BCUT2D eigenvalue weighted by atomic mass is 10.2. The van der Waals surface area contributed by atoms with E-state index in [1.807, 2.05) is 4.68 Å². The number of benzene rings is 1. The minimum atomic E-state index is -0.275. The van der Waals surface area contributed by atoms with Gasteiger partial charge in [-0.25, -0.2) is 19.0 Å². The highest BCUT2D eigenvalue weighted by molar-refractivity contribution is 5.77. The summed E-state index contributed by atoms with van der Waals surface area (Å²) < 4.78 is 15.2. The Morgan fingerprint density at radius 2 is 1.83 bits per heavy atom. The van der Waals surface area contributed by atoms with Crippen molar-refractivity contribution in [2.75, 3.05) is 36.9 Å². The van der Waals surface area contributed by atoms with E-state index in [2.05, 4.69) is 25.3 Å². The van der Waals surface area contributed by atoms with Crippen molar-refractivity contribution in [3.05, 3.63) is 36.3 Å². The first kappa shape index (κ1) is 13.9. The van der Waals surface area contributed by atoms with Gasteiger partial charge in [-0.1, -0.05) is 0 Å². The molecule has 3 aromatic rings. The first-order chi connectivity index (χ1) is 11.2. The van der Waals surface area contributed by atoms with Crippen molar-refractivity contribution in [1.29, 1.82) is 0 Å². The van der Waals surface area contributed by atoms with Gasteiger partial charge in [0.05, 0.1) is 6.20 Å². The van der Waals surface area contributed by atoms with Gasteiger partial charge in [-0.15, -0.1) is 0 Å². The number of rotatable bonds is 2. The molecule has 0 radical (unpaired) electrons. The van der Waals surface area contributed by atoms with Gasteiger partial charge in [-0.2, -0.15) is 4.98 Å². The van der Waals surface area contributed by atoms with Gasteiger partial charge in [-0.05, 0) is 24.3 Å². The maximum absolute atomic E-state index is 13.2. The number of aromatic nitrogens is 4. The van der Waals surface area contributed by atoms with Gasteiger partial charge in [0.2, 0.25) is 5.95 Å². The summed E-state index contributed by atoms with van der Waals surface area (Å²) in [6, 6.07) is 6.28. The summed E-state index contributed by atoms with van der Waals surface area (Å²) in [5.41, 5.74) is 7.90. The van der Waals surface area contributed by atoms with Crippen LogP contribution >= 0.6 is 0 Å². The fourth-order valence-corrected chi connectivity index (χ4v) is 2.78. The molecule has 1 aliphatic heterocycles. The minimum Gasteiger partial charge on any atom is -0.368 e. The normalized spacial score (nSPS) is 15.3. The molecule has 0 unspecified atom stereocenters. The zero-order valence-corrected chi connectivity index (χ0v) is 12.4. The molecule has 0 saturated carbocycles. The summed E-state index contributed by atoms with van der Waals surface area (Å²) in [4.78, 5) is 13.0. The molecule has 0 spiro atoms. The summed E-state index contributed by atoms with van der Waals surface area (Å²) in [6.07, 6.45) is 1.61. The number of hydrogen-bond acceptors (Lipinski definition) is 6. The third-order valence-electron chi connectivity index (χ3n) is 3.87. The first-order valence-corrected chi connectivity index (χ1v) is 7.45. The van der Waals surface area contributed by atoms with Gasteiger partial charge in [0, 0.05) is 31.7 Å². The van der Waals surface area contributed by atoms with Crippen molar-refractivity contribution in [2.45, 2.75) is 0 Å². The van der Waals surface area contributed by atoms with Crippen LogP contribution in [0, 0.1) is 5.82 Å². The van der Waals surface area contributed by atoms with Crippen LogP contribution in [-0.2, 0) is 0 Å². The van der Waals surface area contributed by atoms with Gasteiger partial charge in [0.1, 0.15) is 11.3 Å². The number of nitrogens with zero attached hydrogens (tertiary/aromatic N) is 5. The van der Waals surface area contributed by atoms with Crippen LogP contribution in [0.15, 0.2) is 30.5 Å². The Balaban J connectivity index is 1.93. The highest BCUT2D eigenvalue weighted by Crippen LogP contribution is 2.24. The minimum absolute atomic E-state index is 0.208. The Bertz CT molecular complexity index is 837. The van der Waals surface area contributed by atoms with E-state index in [1.54, 1.807) is 18.3 Å². The summed E-state index contributed by atoms with van der Waals surface area (Å²) >= 11 is 0. The summed E-state index contributed by atoms with van der Waals surface area (Å²) in [5, 5.41) is 5.48. The molecule has 1 aliphatic rings. The highest BCUT2D eigenvalue weighted by atomic mass is 19.1. The van der Waals surface area contributed by atoms with Gasteiger partial charge < -0.3 is 16.1 Å². The number of imidazole rings is 1. The van der Waals surface area contributed by atoms with Crippen molar-refractivity contribution >= 4 is 17.1 Å². The van der Waals surface area contributed by atoms with E-state index >= 15 is 0 Å². The van der Waals surface area contributed by atoms with Crippen LogP contribution in [-0.4, -0.2) is 45.8 Å². The number of nitrogens with two attached hydrogens (primary N) is 1. The number of piperazine rings is 1. The van der Waals surface area contributed by atoms with E-state index in [0.717, 1.165) is 31.7 Å². The SMILES string of the molecule is Nc1ncc2nc(-c3ccc(F)cc3)n(N3CCNCC3)c2n1. The smallest absolute Gasteiger partial charge is 0.222 e. The second kappa shape index (κ2) is 5.47. The molecule has 3 heterocycles. The largest absolute Gasteiger partial charge is 0.368 e. The lowest BCUT2D eigenvalue weighted by Gasteiger charge is -2.31. The maximum atomic E-state index is 13.2. The molecule has 3 N–H and O–H groups in total. The molecule has 0 atom stereocenters. The highest BCUT2D eigenvalue weighted by Gasteiger charge is 2.21. The Kier molecular flexibility index (Phi) is 3.30. The number of halogens is 1. The zero-order chi connectivity index (χ0) is 15.8. The van der Waals surface area contributed by atoms with E-state index < -0.39 is 0 Å². The summed E-state index contributed by atoms with van der Waals surface area (Å²) in [6.45, 7) is 3.40. The van der Waals surface area contributed by atoms with Gasteiger partial charge in [-0.3, -0.25) is 0 Å². The molecule has 8 heteroatoms. The number of fused-ring (bicyclic) bond motifs is 1. The van der Waals surface area contributed by atoms with Crippen molar-refractivity contribution < 1.29 is 4.39 Å². The average Bonchev–Trinajstić information content (AvgIpc) is 2.95. The Morgan fingerprint density at radius 1 is 1.09 bits per heavy atom. The van der Waals surface area contributed by atoms with Crippen molar-refractivity contribution in [3.8, 4) is 11.4 Å². The molecule has 1 saturated heterocycles. The van der Waals surface area contributed by atoms with Crippen LogP contribution in [0.3, 0.4) is 0 Å². The molecule has 1 fully saturated rings. The van der Waals surface area contributed by atoms with Crippen LogP contribution in [0.25, 0.3) is 22.6 Å². The molecule has 0 aliphatic carbocycles. The van der Waals surface area contributed by atoms with Crippen LogP contribution in [0.1, 0.15) is 0 Å².